The molecule has 1 nitrogen and oxygen atoms in total. The van der Waals surface area contributed by atoms with E-state index < -0.39 is 8.32 Å². The van der Waals surface area contributed by atoms with E-state index in [0.717, 1.165) is 0 Å². The first-order valence-electron chi connectivity index (χ1n) is 16.6. The molecule has 2 heterocycles. The first kappa shape index (κ1) is 38.1. The van der Waals surface area contributed by atoms with Crippen LogP contribution in [0.5, 0.6) is 0 Å². The Kier molecular flexibility index (Phi) is 12.2. The van der Waals surface area contributed by atoms with Gasteiger partial charge in [0.15, 0.2) is 0 Å². The maximum absolute atomic E-state index is 7.49. The van der Waals surface area contributed by atoms with Crippen molar-refractivity contribution >= 4 is 143 Å². The molecule has 262 valence electrons. The van der Waals surface area contributed by atoms with Gasteiger partial charge in [-0.15, -0.1) is 47.0 Å². The second-order valence-electron chi connectivity index (χ2n) is 13.1. The lowest BCUT2D eigenvalue weighted by Crippen LogP contribution is -2.66. The maximum Gasteiger partial charge on any atom is 0.261 e. The Balaban J connectivity index is 1.47. The van der Waals surface area contributed by atoms with E-state index in [2.05, 4.69) is 149 Å². The summed E-state index contributed by atoms with van der Waals surface area (Å²) >= 11 is 15.2. The van der Waals surface area contributed by atoms with Crippen LogP contribution in [-0.4, -0.2) is 33.3 Å². The normalized spacial score (nSPS) is 15.7. The summed E-state index contributed by atoms with van der Waals surface area (Å²) in [5.74, 6) is 0. The topological polar surface area (TPSA) is 9.23 Å². The molecule has 0 N–H and O–H groups in total. The summed E-state index contributed by atoms with van der Waals surface area (Å²) in [6, 6.07) is 38.2. The molecule has 0 unspecified atom stereocenters. The van der Waals surface area contributed by atoms with Crippen molar-refractivity contribution in [3.05, 3.63) is 136 Å². The van der Waals surface area contributed by atoms with Crippen LogP contribution in [0.4, 0.5) is 0 Å². The lowest BCUT2D eigenvalue weighted by molar-refractivity contribution is 0.286. The van der Waals surface area contributed by atoms with E-state index in [1.54, 1.807) is 0 Å². The predicted octanol–water partition coefficient (Wildman–Crippen LogP) is 11.9. The molecule has 2 aliphatic rings. The molecule has 0 bridgehead atoms. The van der Waals surface area contributed by atoms with Gasteiger partial charge >= 0.3 is 0 Å². The van der Waals surface area contributed by atoms with E-state index in [1.165, 1.54) is 73.3 Å². The third-order valence-electron chi connectivity index (χ3n) is 9.19. The van der Waals surface area contributed by atoms with Crippen molar-refractivity contribution in [3.63, 3.8) is 0 Å². The van der Waals surface area contributed by atoms with E-state index >= 15 is 0 Å². The molecule has 0 aliphatic carbocycles. The molecular formula is C41H40OS8Si. The van der Waals surface area contributed by atoms with Gasteiger partial charge in [-0.05, 0) is 73.6 Å². The third kappa shape index (κ3) is 7.21. The Morgan fingerprint density at radius 1 is 0.510 bits per heavy atom. The first-order valence-corrected chi connectivity index (χ1v) is 26.6. The van der Waals surface area contributed by atoms with Crippen LogP contribution in [0.2, 0.25) is 5.04 Å². The van der Waals surface area contributed by atoms with Gasteiger partial charge in [-0.25, -0.2) is 0 Å². The minimum absolute atomic E-state index is 0.0905. The quantitative estimate of drug-likeness (QED) is 0.105. The van der Waals surface area contributed by atoms with Crippen LogP contribution < -0.4 is 20.8 Å². The Labute approximate surface area is 337 Å². The Morgan fingerprint density at radius 2 is 0.902 bits per heavy atom. The molecular weight excluding hydrogens is 793 g/mol. The van der Waals surface area contributed by atoms with Gasteiger partial charge in [0.05, 0.1) is 32.0 Å². The molecule has 51 heavy (non-hydrogen) atoms. The highest BCUT2D eigenvalue weighted by atomic mass is 32.3. The molecule has 10 heteroatoms. The first-order chi connectivity index (χ1) is 24.7. The number of hydrogen-bond acceptors (Lipinski definition) is 9. The van der Waals surface area contributed by atoms with E-state index in [4.69, 9.17) is 4.43 Å². The van der Waals surface area contributed by atoms with Crippen molar-refractivity contribution < 1.29 is 4.43 Å². The van der Waals surface area contributed by atoms with E-state index in [9.17, 15) is 0 Å². The fourth-order valence-corrected chi connectivity index (χ4v) is 21.8. The van der Waals surface area contributed by atoms with E-state index in [0.29, 0.717) is 6.61 Å². The molecule has 0 aromatic heterocycles. The van der Waals surface area contributed by atoms with Crippen LogP contribution in [0, 0.1) is 0 Å². The Morgan fingerprint density at radius 3 is 1.31 bits per heavy atom. The van der Waals surface area contributed by atoms with Gasteiger partial charge in [0.25, 0.3) is 8.32 Å². The van der Waals surface area contributed by atoms with Crippen molar-refractivity contribution in [2.24, 2.45) is 0 Å². The van der Waals surface area contributed by atoms with E-state index in [-0.39, 0.29) is 5.04 Å². The minimum Gasteiger partial charge on any atom is -0.403 e. The largest absolute Gasteiger partial charge is 0.403 e. The Bertz CT molecular complexity index is 2220. The van der Waals surface area contributed by atoms with Gasteiger partial charge in [0, 0.05) is 10.4 Å². The minimum atomic E-state index is -2.71. The molecule has 0 fully saturated rings. The van der Waals surface area contributed by atoms with Gasteiger partial charge in [-0.3, -0.25) is 0 Å². The second-order valence-corrected chi connectivity index (χ2v) is 26.3. The van der Waals surface area contributed by atoms with Crippen molar-refractivity contribution in [2.45, 2.75) is 32.4 Å². The number of benzene rings is 5. The summed E-state index contributed by atoms with van der Waals surface area (Å²) in [6.07, 6.45) is 8.80. The van der Waals surface area contributed by atoms with Crippen LogP contribution in [0.1, 0.15) is 26.3 Å². The third-order valence-corrected chi connectivity index (χ3v) is 24.6. The van der Waals surface area contributed by atoms with Crippen LogP contribution >= 0.6 is 94.1 Å². The van der Waals surface area contributed by atoms with Gasteiger partial charge in [-0.1, -0.05) is 165 Å². The summed E-state index contributed by atoms with van der Waals surface area (Å²) in [6.45, 7) is 7.61. The van der Waals surface area contributed by atoms with Crippen LogP contribution in [-0.2, 0) is 11.0 Å². The van der Waals surface area contributed by atoms with Crippen LogP contribution in [0.25, 0.3) is 30.0 Å². The van der Waals surface area contributed by atoms with Crippen molar-refractivity contribution in [2.75, 3.05) is 25.0 Å². The number of thioether (sulfide) groups is 8. The molecule has 0 atom stereocenters. The summed E-state index contributed by atoms with van der Waals surface area (Å²) in [5, 5.41) is 10.5. The number of fused-ring (bicyclic) bond motifs is 2. The lowest BCUT2D eigenvalue weighted by atomic mass is 9.97. The zero-order chi connectivity index (χ0) is 35.8. The smallest absolute Gasteiger partial charge is 0.261 e. The summed E-state index contributed by atoms with van der Waals surface area (Å²) in [4.78, 5) is 0. The standard InChI is InChI=1S/C41H40OS8Si/c1-41(2,3)51(27-16-10-8-11-17-27,28-18-12-9-13-19-28)42-25-26-22-23-31-32(24-26)34(36-49-39(45-6)40(46-7)50-36)30-21-15-14-20-29(30)33(31)35-47-37(43-4)38(44-5)48-35/h8-24H,25H2,1-7H3. The molecule has 7 rings (SSSR count). The summed E-state index contributed by atoms with van der Waals surface area (Å²) in [7, 11) is -2.71. The van der Waals surface area contributed by atoms with Crippen LogP contribution in [0.3, 0.4) is 0 Å². The molecule has 0 radical (unpaired) electrons. The average Bonchev–Trinajstić information content (AvgIpc) is 3.78. The van der Waals surface area contributed by atoms with E-state index in [1.807, 2.05) is 94.1 Å². The second kappa shape index (κ2) is 16.3. The number of hydrogen-bond donors (Lipinski definition) is 0. The molecule has 5 aromatic rings. The van der Waals surface area contributed by atoms with Crippen molar-refractivity contribution in [3.8, 4) is 0 Å². The molecule has 0 spiro atoms. The van der Waals surface area contributed by atoms with Gasteiger partial charge in [-0.2, -0.15) is 0 Å². The Hall–Kier alpha value is -1.18. The molecule has 0 amide bonds. The van der Waals surface area contributed by atoms with Crippen LogP contribution in [0.15, 0.2) is 120 Å². The zero-order valence-corrected chi connectivity index (χ0v) is 37.2. The highest BCUT2D eigenvalue weighted by Gasteiger charge is 2.50. The SMILES string of the molecule is CSC1=C(SC)SC(=c2c3ccccc3c(=C3SC(SC)=C(SC)S3)c3cc(CO[Si](c4ccccc4)(c4ccccc4)C(C)(C)C)ccc23)S1. The van der Waals surface area contributed by atoms with Crippen molar-refractivity contribution in [1.29, 1.82) is 0 Å². The highest BCUT2D eigenvalue weighted by molar-refractivity contribution is 8.46. The predicted molar refractivity (Wildman–Crippen MR) is 248 cm³/mol. The molecule has 0 saturated heterocycles. The zero-order valence-electron chi connectivity index (χ0n) is 29.7. The highest BCUT2D eigenvalue weighted by Crippen LogP contribution is 2.58. The van der Waals surface area contributed by atoms with Gasteiger partial charge in [0.1, 0.15) is 0 Å². The number of rotatable bonds is 9. The fourth-order valence-electron chi connectivity index (χ4n) is 6.96. The molecule has 0 saturated carbocycles. The summed E-state index contributed by atoms with van der Waals surface area (Å²) in [5.41, 5.74) is 1.21. The monoisotopic (exact) mass is 832 g/mol. The van der Waals surface area contributed by atoms with Crippen molar-refractivity contribution in [1.82, 2.24) is 0 Å². The lowest BCUT2D eigenvalue weighted by Gasteiger charge is -2.43. The average molecular weight is 833 g/mol. The van der Waals surface area contributed by atoms with Gasteiger partial charge < -0.3 is 4.43 Å². The molecule has 2 aliphatic heterocycles. The van der Waals surface area contributed by atoms with Gasteiger partial charge in [0.2, 0.25) is 0 Å². The fraction of sp³-hybridized carbons (Fsp3) is 0.220. The maximum atomic E-state index is 7.49. The molecule has 5 aromatic carbocycles. The summed E-state index contributed by atoms with van der Waals surface area (Å²) < 4.78 is 15.8.